The first kappa shape index (κ1) is 16.6. The molecule has 1 aromatic carbocycles. The third kappa shape index (κ3) is 3.72. The number of halogens is 1. The van der Waals surface area contributed by atoms with E-state index in [1.54, 1.807) is 7.11 Å². The zero-order valence-corrected chi connectivity index (χ0v) is 15.3. The van der Waals surface area contributed by atoms with Gasteiger partial charge < -0.3 is 15.0 Å². The first-order chi connectivity index (χ1) is 9.93. The highest BCUT2D eigenvalue weighted by Gasteiger charge is 2.31. The van der Waals surface area contributed by atoms with Crippen molar-refractivity contribution in [1.82, 2.24) is 5.32 Å². The molecule has 1 N–H and O–H groups in total. The highest BCUT2D eigenvalue weighted by Crippen LogP contribution is 2.32. The van der Waals surface area contributed by atoms with Gasteiger partial charge in [-0.05, 0) is 46.0 Å². The van der Waals surface area contributed by atoms with Crippen molar-refractivity contribution < 1.29 is 4.74 Å². The van der Waals surface area contributed by atoms with Crippen molar-refractivity contribution in [2.45, 2.75) is 39.8 Å². The van der Waals surface area contributed by atoms with Crippen LogP contribution < -0.4 is 15.0 Å². The third-order valence-corrected chi connectivity index (χ3v) is 5.04. The number of methoxy groups -OCH3 is 1. The Kier molecular flexibility index (Phi) is 5.55. The van der Waals surface area contributed by atoms with Gasteiger partial charge in [0.25, 0.3) is 0 Å². The van der Waals surface area contributed by atoms with Crippen molar-refractivity contribution in [3.05, 3.63) is 22.7 Å². The highest BCUT2D eigenvalue weighted by molar-refractivity contribution is 9.10. The van der Waals surface area contributed by atoms with Gasteiger partial charge in [0.15, 0.2) is 0 Å². The van der Waals surface area contributed by atoms with Crippen molar-refractivity contribution in [1.29, 1.82) is 0 Å². The van der Waals surface area contributed by atoms with Crippen molar-refractivity contribution in [3.63, 3.8) is 0 Å². The van der Waals surface area contributed by atoms with Gasteiger partial charge >= 0.3 is 0 Å². The summed E-state index contributed by atoms with van der Waals surface area (Å²) in [5.74, 6) is 2.14. The SMILES string of the molecule is COc1ccc(N2CC(C(C)C)NCC2C(C)C)cc1Br. The first-order valence-electron chi connectivity index (χ1n) is 7.77. The lowest BCUT2D eigenvalue weighted by atomic mass is 9.93. The lowest BCUT2D eigenvalue weighted by molar-refractivity contribution is 0.295. The number of hydrogen-bond acceptors (Lipinski definition) is 3. The zero-order chi connectivity index (χ0) is 15.6. The topological polar surface area (TPSA) is 24.5 Å². The summed E-state index contributed by atoms with van der Waals surface area (Å²) >= 11 is 3.61. The summed E-state index contributed by atoms with van der Waals surface area (Å²) in [6.45, 7) is 11.3. The number of nitrogens with one attached hydrogen (secondary N) is 1. The zero-order valence-electron chi connectivity index (χ0n) is 13.7. The van der Waals surface area contributed by atoms with Crippen LogP contribution in [0.3, 0.4) is 0 Å². The summed E-state index contributed by atoms with van der Waals surface area (Å²) in [5, 5.41) is 3.71. The number of anilines is 1. The van der Waals surface area contributed by atoms with Gasteiger partial charge in [0, 0.05) is 30.9 Å². The fourth-order valence-corrected chi connectivity index (χ4v) is 3.50. The Morgan fingerprint density at radius 1 is 1.24 bits per heavy atom. The summed E-state index contributed by atoms with van der Waals surface area (Å²) in [6, 6.07) is 7.46. The molecule has 2 unspecified atom stereocenters. The summed E-state index contributed by atoms with van der Waals surface area (Å²) in [7, 11) is 1.70. The van der Waals surface area contributed by atoms with Crippen molar-refractivity contribution >= 4 is 21.6 Å². The van der Waals surface area contributed by atoms with Gasteiger partial charge in [-0.25, -0.2) is 0 Å². The highest BCUT2D eigenvalue weighted by atomic mass is 79.9. The Morgan fingerprint density at radius 2 is 1.95 bits per heavy atom. The Labute approximate surface area is 137 Å². The van der Waals surface area contributed by atoms with Crippen LogP contribution in [0.25, 0.3) is 0 Å². The second-order valence-corrected chi connectivity index (χ2v) is 7.40. The molecule has 2 atom stereocenters. The second-order valence-electron chi connectivity index (χ2n) is 6.54. The van der Waals surface area contributed by atoms with Crippen molar-refractivity contribution in [2.75, 3.05) is 25.1 Å². The van der Waals surface area contributed by atoms with Crippen molar-refractivity contribution in [2.24, 2.45) is 11.8 Å². The minimum Gasteiger partial charge on any atom is -0.496 e. The predicted octanol–water partition coefficient (Wildman–Crippen LogP) is 3.92. The fourth-order valence-electron chi connectivity index (χ4n) is 2.97. The third-order valence-electron chi connectivity index (χ3n) is 4.42. The second kappa shape index (κ2) is 7.01. The van der Waals surface area contributed by atoms with Gasteiger partial charge in [-0.1, -0.05) is 27.7 Å². The van der Waals surface area contributed by atoms with Crippen LogP contribution in [0.5, 0.6) is 5.75 Å². The van der Waals surface area contributed by atoms with E-state index in [0.717, 1.165) is 23.3 Å². The van der Waals surface area contributed by atoms with Crippen LogP contribution in [-0.4, -0.2) is 32.3 Å². The maximum absolute atomic E-state index is 5.34. The molecule has 0 bridgehead atoms. The lowest BCUT2D eigenvalue weighted by Crippen LogP contribution is -2.60. The Balaban J connectivity index is 2.28. The molecule has 3 nitrogen and oxygen atoms in total. The Hall–Kier alpha value is -0.740. The quantitative estimate of drug-likeness (QED) is 0.886. The van der Waals surface area contributed by atoms with Gasteiger partial charge in [-0.3, -0.25) is 0 Å². The van der Waals surface area contributed by atoms with Crippen LogP contribution in [0.15, 0.2) is 22.7 Å². The van der Waals surface area contributed by atoms with Gasteiger partial charge in [0.2, 0.25) is 0 Å². The van der Waals surface area contributed by atoms with E-state index in [-0.39, 0.29) is 0 Å². The van der Waals surface area contributed by atoms with E-state index in [4.69, 9.17) is 4.74 Å². The molecule has 4 heteroatoms. The summed E-state index contributed by atoms with van der Waals surface area (Å²) in [6.07, 6.45) is 0. The molecule has 21 heavy (non-hydrogen) atoms. The molecule has 2 rings (SSSR count). The van der Waals surface area contributed by atoms with Crippen LogP contribution in [0, 0.1) is 11.8 Å². The fraction of sp³-hybridized carbons (Fsp3) is 0.647. The molecule has 1 heterocycles. The van der Waals surface area contributed by atoms with Crippen LogP contribution >= 0.6 is 15.9 Å². The van der Waals surface area contributed by atoms with E-state index < -0.39 is 0 Å². The molecular formula is C17H27BrN2O. The molecule has 1 aliphatic heterocycles. The number of piperazine rings is 1. The molecule has 1 saturated heterocycles. The number of nitrogens with zero attached hydrogens (tertiary/aromatic N) is 1. The molecule has 0 spiro atoms. The maximum Gasteiger partial charge on any atom is 0.133 e. The van der Waals surface area contributed by atoms with E-state index in [2.05, 4.69) is 66.0 Å². The van der Waals surface area contributed by atoms with E-state index in [1.165, 1.54) is 5.69 Å². The van der Waals surface area contributed by atoms with Crippen LogP contribution in [-0.2, 0) is 0 Å². The van der Waals surface area contributed by atoms with Crippen LogP contribution in [0.1, 0.15) is 27.7 Å². The minimum absolute atomic E-state index is 0.528. The molecule has 1 aromatic rings. The number of hydrogen-bond donors (Lipinski definition) is 1. The molecule has 0 aromatic heterocycles. The number of benzene rings is 1. The monoisotopic (exact) mass is 354 g/mol. The molecule has 1 aliphatic rings. The molecule has 0 saturated carbocycles. The lowest BCUT2D eigenvalue weighted by Gasteiger charge is -2.45. The van der Waals surface area contributed by atoms with Crippen molar-refractivity contribution in [3.8, 4) is 5.75 Å². The van der Waals surface area contributed by atoms with E-state index >= 15 is 0 Å². The smallest absolute Gasteiger partial charge is 0.133 e. The summed E-state index contributed by atoms with van der Waals surface area (Å²) in [5.41, 5.74) is 1.27. The van der Waals surface area contributed by atoms with E-state index in [1.807, 2.05) is 6.07 Å². The summed E-state index contributed by atoms with van der Waals surface area (Å²) < 4.78 is 6.36. The Bertz CT molecular complexity index is 476. The van der Waals surface area contributed by atoms with E-state index in [9.17, 15) is 0 Å². The average Bonchev–Trinajstić information content (AvgIpc) is 2.46. The number of ether oxygens (including phenoxy) is 1. The normalized spacial score (nSPS) is 23.0. The number of rotatable bonds is 4. The van der Waals surface area contributed by atoms with Crippen LogP contribution in [0.2, 0.25) is 0 Å². The van der Waals surface area contributed by atoms with Crippen LogP contribution in [0.4, 0.5) is 5.69 Å². The van der Waals surface area contributed by atoms with Gasteiger partial charge in [0.1, 0.15) is 5.75 Å². The molecular weight excluding hydrogens is 328 g/mol. The average molecular weight is 355 g/mol. The molecule has 1 fully saturated rings. The predicted molar refractivity (Wildman–Crippen MR) is 93.3 cm³/mol. The first-order valence-corrected chi connectivity index (χ1v) is 8.57. The summed E-state index contributed by atoms with van der Waals surface area (Å²) in [4.78, 5) is 2.55. The molecule has 118 valence electrons. The minimum atomic E-state index is 0.528. The molecule has 0 radical (unpaired) electrons. The van der Waals surface area contributed by atoms with Gasteiger partial charge in [-0.2, -0.15) is 0 Å². The van der Waals surface area contributed by atoms with E-state index in [0.29, 0.717) is 23.9 Å². The standard InChI is InChI=1S/C17H27BrN2O/c1-11(2)15-10-20(16(9-19-15)12(3)4)13-6-7-17(21-5)14(18)8-13/h6-8,11-12,15-16,19H,9-10H2,1-5H3. The maximum atomic E-state index is 5.34. The largest absolute Gasteiger partial charge is 0.496 e. The molecule has 0 amide bonds. The van der Waals surface area contributed by atoms with Gasteiger partial charge in [0.05, 0.1) is 11.6 Å². The van der Waals surface area contributed by atoms with Gasteiger partial charge in [-0.15, -0.1) is 0 Å². The Morgan fingerprint density at radius 3 is 2.48 bits per heavy atom. The molecule has 0 aliphatic carbocycles.